The summed E-state index contributed by atoms with van der Waals surface area (Å²) in [6.07, 6.45) is 1.75. The van der Waals surface area contributed by atoms with Crippen LogP contribution in [-0.2, 0) is 0 Å². The molecule has 0 spiro atoms. The van der Waals surface area contributed by atoms with Crippen molar-refractivity contribution >= 4 is 5.91 Å². The maximum atomic E-state index is 11.7. The second-order valence-electron chi connectivity index (χ2n) is 3.51. The van der Waals surface area contributed by atoms with Gasteiger partial charge in [0.1, 0.15) is 0 Å². The molecule has 1 rings (SSSR count). The molecule has 1 aromatic carbocycles. The Morgan fingerprint density at radius 1 is 1.40 bits per heavy atom. The van der Waals surface area contributed by atoms with E-state index >= 15 is 0 Å². The second-order valence-corrected chi connectivity index (χ2v) is 3.51. The maximum absolute atomic E-state index is 11.7. The van der Waals surface area contributed by atoms with Gasteiger partial charge in [0, 0.05) is 5.56 Å². The molecule has 0 saturated carbocycles. The molecule has 2 N–H and O–H groups in total. The molecule has 0 aromatic heterocycles. The van der Waals surface area contributed by atoms with Crippen LogP contribution in [0.2, 0.25) is 0 Å². The van der Waals surface area contributed by atoms with E-state index in [4.69, 9.17) is 5.11 Å². The van der Waals surface area contributed by atoms with Crippen LogP contribution in [0.15, 0.2) is 30.3 Å². The monoisotopic (exact) mass is 207 g/mol. The first-order chi connectivity index (χ1) is 7.27. The third-order valence-electron chi connectivity index (χ3n) is 2.23. The van der Waals surface area contributed by atoms with Crippen LogP contribution in [0.3, 0.4) is 0 Å². The molecule has 0 saturated heterocycles. The number of hydrogen-bond donors (Lipinski definition) is 2. The van der Waals surface area contributed by atoms with Crippen molar-refractivity contribution in [3.05, 3.63) is 35.9 Å². The Morgan fingerprint density at radius 3 is 2.60 bits per heavy atom. The van der Waals surface area contributed by atoms with Crippen molar-refractivity contribution < 1.29 is 9.90 Å². The SMILES string of the molecule is CCCC(CO)NC(=O)c1ccccc1. The summed E-state index contributed by atoms with van der Waals surface area (Å²) in [5.74, 6) is -0.122. The Balaban J connectivity index is 2.55. The number of aliphatic hydroxyl groups is 1. The number of hydrogen-bond acceptors (Lipinski definition) is 2. The largest absolute Gasteiger partial charge is 0.394 e. The number of carbonyl (C=O) groups excluding carboxylic acids is 1. The number of benzene rings is 1. The Bertz CT molecular complexity index is 298. The highest BCUT2D eigenvalue weighted by molar-refractivity contribution is 5.94. The molecule has 1 amide bonds. The van der Waals surface area contributed by atoms with Crippen molar-refractivity contribution in [3.8, 4) is 0 Å². The topological polar surface area (TPSA) is 49.3 Å². The van der Waals surface area contributed by atoms with E-state index in [1.807, 2.05) is 25.1 Å². The molecular formula is C12H17NO2. The molecule has 1 unspecified atom stereocenters. The highest BCUT2D eigenvalue weighted by Gasteiger charge is 2.11. The lowest BCUT2D eigenvalue weighted by Gasteiger charge is -2.15. The number of carbonyl (C=O) groups is 1. The number of rotatable bonds is 5. The van der Waals surface area contributed by atoms with Gasteiger partial charge in [-0.15, -0.1) is 0 Å². The third-order valence-corrected chi connectivity index (χ3v) is 2.23. The predicted molar refractivity (Wildman–Crippen MR) is 59.7 cm³/mol. The minimum Gasteiger partial charge on any atom is -0.394 e. The molecule has 15 heavy (non-hydrogen) atoms. The van der Waals surface area contributed by atoms with Gasteiger partial charge in [0.15, 0.2) is 0 Å². The van der Waals surface area contributed by atoms with Crippen LogP contribution in [0.25, 0.3) is 0 Å². The van der Waals surface area contributed by atoms with Gasteiger partial charge in [-0.05, 0) is 18.6 Å². The van der Waals surface area contributed by atoms with E-state index < -0.39 is 0 Å². The summed E-state index contributed by atoms with van der Waals surface area (Å²) in [4.78, 5) is 11.7. The van der Waals surface area contributed by atoms with E-state index in [1.54, 1.807) is 12.1 Å². The molecule has 1 aromatic rings. The smallest absolute Gasteiger partial charge is 0.251 e. The molecule has 0 fully saturated rings. The summed E-state index contributed by atoms with van der Waals surface area (Å²) in [5.41, 5.74) is 0.632. The van der Waals surface area contributed by atoms with E-state index in [0.29, 0.717) is 5.56 Å². The first kappa shape index (κ1) is 11.7. The third kappa shape index (κ3) is 3.72. The molecule has 0 radical (unpaired) electrons. The van der Waals surface area contributed by atoms with Crippen LogP contribution in [0.4, 0.5) is 0 Å². The van der Waals surface area contributed by atoms with Crippen LogP contribution in [0.5, 0.6) is 0 Å². The van der Waals surface area contributed by atoms with E-state index in [0.717, 1.165) is 12.8 Å². The van der Waals surface area contributed by atoms with Crippen molar-refractivity contribution in [2.24, 2.45) is 0 Å². The van der Waals surface area contributed by atoms with Gasteiger partial charge >= 0.3 is 0 Å². The first-order valence-electron chi connectivity index (χ1n) is 5.24. The van der Waals surface area contributed by atoms with Gasteiger partial charge in [-0.1, -0.05) is 31.5 Å². The molecule has 1 atom stereocenters. The molecule has 0 aliphatic rings. The van der Waals surface area contributed by atoms with Crippen molar-refractivity contribution in [3.63, 3.8) is 0 Å². The number of nitrogens with one attached hydrogen (secondary N) is 1. The number of amides is 1. The van der Waals surface area contributed by atoms with Crippen LogP contribution >= 0.6 is 0 Å². The normalized spacial score (nSPS) is 12.1. The Morgan fingerprint density at radius 2 is 2.07 bits per heavy atom. The predicted octanol–water partition coefficient (Wildman–Crippen LogP) is 1.58. The average Bonchev–Trinajstić information content (AvgIpc) is 2.29. The van der Waals surface area contributed by atoms with Gasteiger partial charge in [-0.2, -0.15) is 0 Å². The average molecular weight is 207 g/mol. The fourth-order valence-electron chi connectivity index (χ4n) is 1.42. The summed E-state index contributed by atoms with van der Waals surface area (Å²) in [6, 6.07) is 8.89. The Hall–Kier alpha value is -1.35. The molecule has 0 aliphatic heterocycles. The van der Waals surface area contributed by atoms with E-state index in [-0.39, 0.29) is 18.6 Å². The molecule has 3 nitrogen and oxygen atoms in total. The molecule has 0 bridgehead atoms. The summed E-state index contributed by atoms with van der Waals surface area (Å²) in [7, 11) is 0. The zero-order valence-corrected chi connectivity index (χ0v) is 8.94. The zero-order chi connectivity index (χ0) is 11.1. The fraction of sp³-hybridized carbons (Fsp3) is 0.417. The van der Waals surface area contributed by atoms with Gasteiger partial charge in [0.25, 0.3) is 5.91 Å². The van der Waals surface area contributed by atoms with Crippen molar-refractivity contribution in [1.29, 1.82) is 0 Å². The van der Waals surface area contributed by atoms with Crippen molar-refractivity contribution in [2.45, 2.75) is 25.8 Å². The Labute approximate surface area is 90.1 Å². The van der Waals surface area contributed by atoms with Gasteiger partial charge in [0.05, 0.1) is 12.6 Å². The van der Waals surface area contributed by atoms with Crippen LogP contribution in [-0.4, -0.2) is 23.7 Å². The Kier molecular flexibility index (Phi) is 4.84. The van der Waals surface area contributed by atoms with Gasteiger partial charge in [-0.3, -0.25) is 4.79 Å². The molecule has 3 heteroatoms. The van der Waals surface area contributed by atoms with Crippen LogP contribution in [0.1, 0.15) is 30.1 Å². The quantitative estimate of drug-likeness (QED) is 0.770. The number of aliphatic hydroxyl groups excluding tert-OH is 1. The minimum absolute atomic E-state index is 0.00753. The van der Waals surface area contributed by atoms with Gasteiger partial charge in [0.2, 0.25) is 0 Å². The molecule has 82 valence electrons. The zero-order valence-electron chi connectivity index (χ0n) is 8.94. The van der Waals surface area contributed by atoms with E-state index in [2.05, 4.69) is 5.32 Å². The van der Waals surface area contributed by atoms with E-state index in [9.17, 15) is 4.79 Å². The highest BCUT2D eigenvalue weighted by atomic mass is 16.3. The summed E-state index contributed by atoms with van der Waals surface area (Å²) in [6.45, 7) is 2.02. The maximum Gasteiger partial charge on any atom is 0.251 e. The van der Waals surface area contributed by atoms with Crippen molar-refractivity contribution in [2.75, 3.05) is 6.61 Å². The lowest BCUT2D eigenvalue weighted by molar-refractivity contribution is 0.0913. The summed E-state index contributed by atoms with van der Waals surface area (Å²) < 4.78 is 0. The lowest BCUT2D eigenvalue weighted by atomic mass is 10.1. The van der Waals surface area contributed by atoms with Gasteiger partial charge in [-0.25, -0.2) is 0 Å². The van der Waals surface area contributed by atoms with Crippen LogP contribution in [0, 0.1) is 0 Å². The molecule has 0 aliphatic carbocycles. The summed E-state index contributed by atoms with van der Waals surface area (Å²) >= 11 is 0. The minimum atomic E-state index is -0.136. The molecular weight excluding hydrogens is 190 g/mol. The highest BCUT2D eigenvalue weighted by Crippen LogP contribution is 2.01. The summed E-state index contributed by atoms with van der Waals surface area (Å²) in [5, 5.41) is 11.8. The molecule has 0 heterocycles. The van der Waals surface area contributed by atoms with Crippen LogP contribution < -0.4 is 5.32 Å². The second kappa shape index (κ2) is 6.19. The van der Waals surface area contributed by atoms with E-state index in [1.165, 1.54) is 0 Å². The van der Waals surface area contributed by atoms with Gasteiger partial charge < -0.3 is 10.4 Å². The van der Waals surface area contributed by atoms with Crippen molar-refractivity contribution in [1.82, 2.24) is 5.32 Å². The standard InChI is InChI=1S/C12H17NO2/c1-2-6-11(9-14)13-12(15)10-7-4-3-5-8-10/h3-5,7-8,11,14H,2,6,9H2,1H3,(H,13,15). The fourth-order valence-corrected chi connectivity index (χ4v) is 1.42. The lowest BCUT2D eigenvalue weighted by Crippen LogP contribution is -2.37. The first-order valence-corrected chi connectivity index (χ1v) is 5.24.